The molecule has 0 aromatic heterocycles. The zero-order chi connectivity index (χ0) is 30.9. The number of carbonyl (C=O) groups is 7. The van der Waals surface area contributed by atoms with E-state index in [9.17, 15) is 38.7 Å². The summed E-state index contributed by atoms with van der Waals surface area (Å²) in [6, 6.07) is 4.64. The Labute approximate surface area is 245 Å². The molecule has 15 nitrogen and oxygen atoms in total. The second-order valence-electron chi connectivity index (χ2n) is 8.60. The molecule has 0 spiro atoms. The molecule has 0 aliphatic heterocycles. The fraction of sp³-hybridized carbons (Fsp3) is 0.480. The van der Waals surface area contributed by atoms with E-state index in [2.05, 4.69) is 16.0 Å². The molecule has 1 aromatic rings. The van der Waals surface area contributed by atoms with Gasteiger partial charge < -0.3 is 10.2 Å². The molecule has 41 heavy (non-hydrogen) atoms. The third kappa shape index (κ3) is 14.3. The number of aryl methyl sites for hydroxylation is 1. The van der Waals surface area contributed by atoms with E-state index in [1.54, 1.807) is 0 Å². The summed E-state index contributed by atoms with van der Waals surface area (Å²) in [7, 11) is 0. The van der Waals surface area contributed by atoms with Gasteiger partial charge in [-0.25, -0.2) is 9.59 Å². The zero-order valence-corrected chi connectivity index (χ0v) is 24.3. The molecular formula is C25H33IN3O12-. The monoisotopic (exact) mass is 694 g/mol. The van der Waals surface area contributed by atoms with Crippen molar-refractivity contribution < 1.29 is 79.9 Å². The van der Waals surface area contributed by atoms with Crippen LogP contribution in [0.2, 0.25) is 0 Å². The normalized spacial score (nSPS) is 12.1. The number of aliphatic carboxylic acids is 3. The third-order valence-corrected chi connectivity index (χ3v) is 7.38. The van der Waals surface area contributed by atoms with E-state index in [-0.39, 0.29) is 18.6 Å². The van der Waals surface area contributed by atoms with Crippen LogP contribution in [0.3, 0.4) is 0 Å². The van der Waals surface area contributed by atoms with Crippen molar-refractivity contribution in [2.75, 3.05) is 6.54 Å². The van der Waals surface area contributed by atoms with Crippen LogP contribution in [0.4, 0.5) is 4.79 Å². The number of hydrogen-bond donors (Lipinski definition) is 7. The van der Waals surface area contributed by atoms with E-state index in [4.69, 9.17) is 20.1 Å². The minimum atomic E-state index is -2.09. The topological polar surface area (TPSA) is 246 Å². The number of hydrogen-bond acceptors (Lipinski definition) is 8. The average Bonchev–Trinajstić information content (AvgIpc) is 2.90. The number of unbranched alkanes of at least 4 members (excludes halogenated alkanes) is 2. The molecule has 0 fully saturated rings. The van der Waals surface area contributed by atoms with Crippen LogP contribution < -0.4 is 41.9 Å². The van der Waals surface area contributed by atoms with Crippen molar-refractivity contribution in [2.24, 2.45) is 0 Å². The molecule has 1 rings (SSSR count). The first-order valence-electron chi connectivity index (χ1n) is 12.5. The third-order valence-electron chi connectivity index (χ3n) is 5.35. The molecule has 228 valence electrons. The fourth-order valence-electron chi connectivity index (χ4n) is 3.28. The predicted molar refractivity (Wildman–Crippen MR) is 136 cm³/mol. The van der Waals surface area contributed by atoms with E-state index in [0.29, 0.717) is 18.5 Å². The van der Waals surface area contributed by atoms with Crippen molar-refractivity contribution in [2.45, 2.75) is 68.1 Å². The van der Waals surface area contributed by atoms with Crippen LogP contribution in [-0.4, -0.2) is 82.8 Å². The number of carboxylic acids is 3. The molecule has 16 heteroatoms. The van der Waals surface area contributed by atoms with Gasteiger partial charge in [-0.3, -0.25) is 0 Å². The number of carbonyl (C=O) groups excluding carboxylic acids is 3. The van der Waals surface area contributed by atoms with E-state index in [0.717, 1.165) is 12.8 Å². The molecule has 0 saturated heterocycles. The summed E-state index contributed by atoms with van der Waals surface area (Å²) in [5.74, 6) is -6.83. The van der Waals surface area contributed by atoms with Crippen molar-refractivity contribution in [3.8, 4) is 5.75 Å². The Morgan fingerprint density at radius 1 is 0.854 bits per heavy atom. The molecule has 0 saturated carbocycles. The molecule has 1 aromatic carbocycles. The van der Waals surface area contributed by atoms with Crippen LogP contribution in [0.5, 0.6) is 5.75 Å². The van der Waals surface area contributed by atoms with Crippen LogP contribution in [0, 0.1) is 0 Å². The Kier molecular flexibility index (Phi) is 15.7. The Morgan fingerprint density at radius 2 is 1.49 bits per heavy atom. The van der Waals surface area contributed by atoms with Gasteiger partial charge in [-0.05, 0) is 0 Å². The molecule has 0 heterocycles. The number of nitrogens with one attached hydrogen (secondary N) is 3. The number of halogens is 1. The van der Waals surface area contributed by atoms with Crippen molar-refractivity contribution in [1.29, 1.82) is 0 Å². The molecule has 7 N–H and O–H groups in total. The van der Waals surface area contributed by atoms with Gasteiger partial charge in [0.05, 0.1) is 0 Å². The molecular weight excluding hydrogens is 661 g/mol. The van der Waals surface area contributed by atoms with E-state index < -0.39 is 89.8 Å². The van der Waals surface area contributed by atoms with E-state index in [1.165, 1.54) is 24.3 Å². The summed E-state index contributed by atoms with van der Waals surface area (Å²) < 4.78 is 2.22. The first-order valence-corrected chi connectivity index (χ1v) is 14.8. The van der Waals surface area contributed by atoms with Gasteiger partial charge in [0.1, 0.15) is 0 Å². The second kappa shape index (κ2) is 18.4. The maximum absolute atomic E-state index is 12.9. The molecule has 2 atom stereocenters. The molecule has 1 unspecified atom stereocenters. The number of benzene rings is 1. The molecule has 3 amide bonds. The van der Waals surface area contributed by atoms with Gasteiger partial charge in [-0.2, -0.15) is 0 Å². The summed E-state index contributed by atoms with van der Waals surface area (Å²) in [6.07, 6.45) is -0.300. The number of rotatable bonds is 20. The Hall–Kier alpha value is -3.96. The Morgan fingerprint density at radius 3 is 2.02 bits per heavy atom. The summed E-state index contributed by atoms with van der Waals surface area (Å²) >= 11 is -1.95. The SMILES string of the molecule is CCCCCNC(=O)[C@H](CCc1ccc(OC(C(=O)O)C(=O)O)cc1)NC(=O)C(NC(=O)CCC(=O)O)[I-]C(=O)O. The van der Waals surface area contributed by atoms with Crippen LogP contribution >= 0.6 is 0 Å². The summed E-state index contributed by atoms with van der Waals surface area (Å²) in [5.41, 5.74) is 0.633. The van der Waals surface area contributed by atoms with Gasteiger partial charge >= 0.3 is 226 Å². The number of alkyl halides is 1. The second-order valence-corrected chi connectivity index (χ2v) is 11.4. The van der Waals surface area contributed by atoms with Crippen LogP contribution in [-0.2, 0) is 35.2 Å². The zero-order valence-electron chi connectivity index (χ0n) is 22.1. The Bertz CT molecular complexity index is 1080. The molecule has 0 aliphatic carbocycles. The minimum absolute atomic E-state index is 0.0128. The van der Waals surface area contributed by atoms with Gasteiger partial charge in [-0.15, -0.1) is 0 Å². The number of amides is 3. The van der Waals surface area contributed by atoms with E-state index >= 15 is 0 Å². The summed E-state index contributed by atoms with van der Waals surface area (Å²) in [6.45, 7) is 2.33. The number of carboxylic acid groups (broad SMARTS) is 4. The fourth-order valence-corrected chi connectivity index (χ4v) is 4.78. The van der Waals surface area contributed by atoms with Gasteiger partial charge in [0, 0.05) is 0 Å². The molecule has 0 radical (unpaired) electrons. The summed E-state index contributed by atoms with van der Waals surface area (Å²) in [5, 5.41) is 43.3. The average molecular weight is 694 g/mol. The maximum atomic E-state index is 12.9. The first-order chi connectivity index (χ1) is 19.3. The van der Waals surface area contributed by atoms with Gasteiger partial charge in [0.25, 0.3) is 0 Å². The summed E-state index contributed by atoms with van der Waals surface area (Å²) in [4.78, 5) is 82.0. The van der Waals surface area contributed by atoms with Crippen molar-refractivity contribution in [3.05, 3.63) is 29.8 Å². The van der Waals surface area contributed by atoms with Crippen LogP contribution in [0.1, 0.15) is 51.0 Å². The first kappa shape index (κ1) is 35.1. The van der Waals surface area contributed by atoms with E-state index in [1.807, 2.05) is 6.92 Å². The van der Waals surface area contributed by atoms with Crippen molar-refractivity contribution in [3.63, 3.8) is 0 Å². The van der Waals surface area contributed by atoms with Crippen LogP contribution in [0.15, 0.2) is 24.3 Å². The Balaban J connectivity index is 2.98. The van der Waals surface area contributed by atoms with Crippen molar-refractivity contribution >= 4 is 39.6 Å². The van der Waals surface area contributed by atoms with Crippen molar-refractivity contribution in [1.82, 2.24) is 16.0 Å². The van der Waals surface area contributed by atoms with Gasteiger partial charge in [0.2, 0.25) is 0 Å². The van der Waals surface area contributed by atoms with Crippen LogP contribution in [0.25, 0.3) is 0 Å². The van der Waals surface area contributed by atoms with Gasteiger partial charge in [-0.1, -0.05) is 0 Å². The predicted octanol–water partition coefficient (Wildman–Crippen LogP) is -2.60. The quantitative estimate of drug-likeness (QED) is 0.0186. The van der Waals surface area contributed by atoms with Gasteiger partial charge in [0.15, 0.2) is 0 Å². The standard InChI is InChI=1S/C25H33IN3O12/c1-2-3-4-13-27-21(33)16(28-22(34)20(26-25(39)40)29-17(30)11-12-18(31)32)10-7-14-5-8-15(9-6-14)41-19(23(35)36)24(37)38/h5-6,8-9,16,19-20H,2-4,7,10-13H2,1H3,(H,27,33)(H,28,34)(H,29,30)(H,31,32)(H,35,36)(H,37,38)(H,39,40)/q-1/t16-,20?/m0/s1. The molecule has 0 bridgehead atoms. The number of ether oxygens (including phenoxy) is 1. The molecule has 0 aliphatic rings.